The van der Waals surface area contributed by atoms with Crippen LogP contribution < -0.4 is 9.47 Å². The third kappa shape index (κ3) is 5.00. The molecule has 2 aromatic heterocycles. The lowest BCUT2D eigenvalue weighted by atomic mass is 10.3. The molecule has 0 saturated heterocycles. The van der Waals surface area contributed by atoms with E-state index in [1.165, 1.54) is 0 Å². The molecule has 0 aliphatic rings. The van der Waals surface area contributed by atoms with Gasteiger partial charge in [0.15, 0.2) is 5.82 Å². The maximum Gasteiger partial charge on any atom is 0.240 e. The monoisotopic (exact) mass is 341 g/mol. The van der Waals surface area contributed by atoms with Gasteiger partial charge >= 0.3 is 0 Å². The highest BCUT2D eigenvalue weighted by molar-refractivity contribution is 5.96. The molecule has 0 amide bonds. The van der Waals surface area contributed by atoms with Gasteiger partial charge in [-0.3, -0.25) is 4.99 Å². The van der Waals surface area contributed by atoms with Crippen molar-refractivity contribution in [1.82, 2.24) is 19.5 Å². The van der Waals surface area contributed by atoms with Crippen molar-refractivity contribution in [3.8, 4) is 11.8 Å². The highest BCUT2D eigenvalue weighted by atomic mass is 16.5. The average Bonchev–Trinajstić information content (AvgIpc) is 3.10. The van der Waals surface area contributed by atoms with Crippen molar-refractivity contribution in [2.45, 2.75) is 26.8 Å². The predicted molar refractivity (Wildman–Crippen MR) is 97.2 cm³/mol. The number of nitrogens with zero attached hydrogens (tertiary/aromatic N) is 5. The molecule has 0 saturated carbocycles. The molecule has 0 spiro atoms. The Labute approximate surface area is 147 Å². The van der Waals surface area contributed by atoms with Gasteiger partial charge in [-0.15, -0.1) is 0 Å². The smallest absolute Gasteiger partial charge is 0.240 e. The summed E-state index contributed by atoms with van der Waals surface area (Å²) in [5, 5.41) is 0. The lowest BCUT2D eigenvalue weighted by Crippen LogP contribution is -2.11. The van der Waals surface area contributed by atoms with Crippen molar-refractivity contribution < 1.29 is 9.47 Å². The first-order chi connectivity index (χ1) is 12.2. The van der Waals surface area contributed by atoms with Crippen molar-refractivity contribution >= 4 is 5.71 Å². The second kappa shape index (κ2) is 9.36. The Morgan fingerprint density at radius 2 is 2.08 bits per heavy atom. The van der Waals surface area contributed by atoms with Crippen molar-refractivity contribution in [3.63, 3.8) is 0 Å². The minimum absolute atomic E-state index is 0.412. The van der Waals surface area contributed by atoms with Crippen LogP contribution in [-0.4, -0.2) is 39.5 Å². The molecule has 2 heterocycles. The zero-order chi connectivity index (χ0) is 18.1. The van der Waals surface area contributed by atoms with Crippen molar-refractivity contribution in [3.05, 3.63) is 54.5 Å². The van der Waals surface area contributed by atoms with Crippen LogP contribution in [0.3, 0.4) is 0 Å². The molecule has 132 valence electrons. The molecule has 7 nitrogen and oxygen atoms in total. The standard InChI is InChI=1S/C18H23N5O2/c1-5-6-7-8-9-19-14(2)17-20-10-11-23(17)13-15-18(25-4)22-16(24-3)12-21-15/h6-12H,5,13H2,1-4H3/b7-6+,9-8-,19-14?. The summed E-state index contributed by atoms with van der Waals surface area (Å²) in [6, 6.07) is 0. The van der Waals surface area contributed by atoms with Gasteiger partial charge < -0.3 is 14.0 Å². The Morgan fingerprint density at radius 1 is 1.24 bits per heavy atom. The molecule has 0 aliphatic carbocycles. The summed E-state index contributed by atoms with van der Waals surface area (Å²) >= 11 is 0. The van der Waals surface area contributed by atoms with Crippen LogP contribution in [0.2, 0.25) is 0 Å². The minimum Gasteiger partial charge on any atom is -0.480 e. The lowest BCUT2D eigenvalue weighted by molar-refractivity contribution is 0.355. The van der Waals surface area contributed by atoms with Gasteiger partial charge in [0.1, 0.15) is 5.69 Å². The van der Waals surface area contributed by atoms with Crippen LogP contribution >= 0.6 is 0 Å². The van der Waals surface area contributed by atoms with Crippen molar-refractivity contribution in [2.24, 2.45) is 4.99 Å². The molecule has 2 rings (SSSR count). The molecule has 0 atom stereocenters. The lowest BCUT2D eigenvalue weighted by Gasteiger charge is -2.10. The fourth-order valence-corrected chi connectivity index (χ4v) is 2.15. The Balaban J connectivity index is 2.20. The van der Waals surface area contributed by atoms with Gasteiger partial charge in [0.2, 0.25) is 11.8 Å². The molecule has 25 heavy (non-hydrogen) atoms. The number of hydrogen-bond donors (Lipinski definition) is 0. The van der Waals surface area contributed by atoms with Crippen LogP contribution in [0.1, 0.15) is 31.8 Å². The van der Waals surface area contributed by atoms with Gasteiger partial charge in [-0.1, -0.05) is 19.1 Å². The van der Waals surface area contributed by atoms with Gasteiger partial charge in [-0.05, 0) is 19.4 Å². The van der Waals surface area contributed by atoms with Crippen LogP contribution in [0.5, 0.6) is 11.8 Å². The number of aromatic nitrogens is 4. The SMILES string of the molecule is CC/C=C/C=C\N=C(C)c1nccn1Cc1ncc(OC)nc1OC. The summed E-state index contributed by atoms with van der Waals surface area (Å²) < 4.78 is 12.3. The molecule has 0 unspecified atom stereocenters. The highest BCUT2D eigenvalue weighted by Crippen LogP contribution is 2.18. The molecule has 0 radical (unpaired) electrons. The predicted octanol–water partition coefficient (Wildman–Crippen LogP) is 3.03. The molecule has 0 fully saturated rings. The van der Waals surface area contributed by atoms with E-state index in [0.29, 0.717) is 24.0 Å². The second-order valence-electron chi connectivity index (χ2n) is 5.14. The molecular weight excluding hydrogens is 318 g/mol. The van der Waals surface area contributed by atoms with Crippen molar-refractivity contribution in [2.75, 3.05) is 14.2 Å². The number of imidazole rings is 1. The average molecular weight is 341 g/mol. The zero-order valence-electron chi connectivity index (χ0n) is 15.0. The summed E-state index contributed by atoms with van der Waals surface area (Å²) in [6.07, 6.45) is 13.9. The van der Waals surface area contributed by atoms with Gasteiger partial charge in [0.25, 0.3) is 0 Å². The van der Waals surface area contributed by atoms with Crippen molar-refractivity contribution in [1.29, 1.82) is 0 Å². The van der Waals surface area contributed by atoms with E-state index in [9.17, 15) is 0 Å². The van der Waals surface area contributed by atoms with Crippen LogP contribution in [0.4, 0.5) is 0 Å². The number of allylic oxidation sites excluding steroid dienone is 3. The Hall–Kier alpha value is -2.96. The maximum atomic E-state index is 5.30. The van der Waals surface area contributed by atoms with E-state index in [0.717, 1.165) is 18.0 Å². The maximum absolute atomic E-state index is 5.30. The quantitative estimate of drug-likeness (QED) is 0.545. The summed E-state index contributed by atoms with van der Waals surface area (Å²) in [5.74, 6) is 1.61. The van der Waals surface area contributed by atoms with E-state index < -0.39 is 0 Å². The van der Waals surface area contributed by atoms with Gasteiger partial charge in [-0.2, -0.15) is 4.98 Å². The van der Waals surface area contributed by atoms with E-state index in [1.54, 1.807) is 32.8 Å². The fraction of sp³-hybridized carbons (Fsp3) is 0.333. The van der Waals surface area contributed by atoms with Gasteiger partial charge in [-0.25, -0.2) is 9.97 Å². The van der Waals surface area contributed by atoms with Crippen LogP contribution in [0.15, 0.2) is 48.0 Å². The number of ether oxygens (including phenoxy) is 2. The summed E-state index contributed by atoms with van der Waals surface area (Å²) in [5.41, 5.74) is 1.50. The first kappa shape index (κ1) is 18.4. The molecule has 0 aliphatic heterocycles. The van der Waals surface area contributed by atoms with Crippen LogP contribution in [0.25, 0.3) is 0 Å². The third-order valence-corrected chi connectivity index (χ3v) is 3.39. The van der Waals surface area contributed by atoms with E-state index in [1.807, 2.05) is 29.8 Å². The Morgan fingerprint density at radius 3 is 2.80 bits per heavy atom. The Bertz CT molecular complexity index is 778. The minimum atomic E-state index is 0.412. The topological polar surface area (TPSA) is 74.4 Å². The van der Waals surface area contributed by atoms with E-state index in [2.05, 4.69) is 32.9 Å². The Kier molecular flexibility index (Phi) is 6.88. The first-order valence-corrected chi connectivity index (χ1v) is 8.01. The van der Waals surface area contributed by atoms with E-state index >= 15 is 0 Å². The highest BCUT2D eigenvalue weighted by Gasteiger charge is 2.12. The third-order valence-electron chi connectivity index (χ3n) is 3.39. The van der Waals surface area contributed by atoms with Crippen LogP contribution in [-0.2, 0) is 6.54 Å². The molecular formula is C18H23N5O2. The summed E-state index contributed by atoms with van der Waals surface area (Å²) in [6.45, 7) is 4.48. The number of methoxy groups -OCH3 is 2. The molecule has 2 aromatic rings. The molecule has 7 heteroatoms. The van der Waals surface area contributed by atoms with Crippen LogP contribution in [0, 0.1) is 0 Å². The molecule has 0 bridgehead atoms. The summed E-state index contributed by atoms with van der Waals surface area (Å²) in [4.78, 5) is 17.4. The molecule has 0 aromatic carbocycles. The zero-order valence-corrected chi connectivity index (χ0v) is 15.0. The first-order valence-electron chi connectivity index (χ1n) is 8.01. The van der Waals surface area contributed by atoms with E-state index in [-0.39, 0.29) is 0 Å². The summed E-state index contributed by atoms with van der Waals surface area (Å²) in [7, 11) is 3.10. The second-order valence-corrected chi connectivity index (χ2v) is 5.14. The normalized spacial score (nSPS) is 12.2. The number of rotatable bonds is 8. The molecule has 0 N–H and O–H groups in total. The number of aliphatic imine (C=N–C) groups is 1. The number of hydrogen-bond acceptors (Lipinski definition) is 6. The largest absolute Gasteiger partial charge is 0.480 e. The van der Waals surface area contributed by atoms with E-state index in [4.69, 9.17) is 9.47 Å². The van der Waals surface area contributed by atoms with Gasteiger partial charge in [0, 0.05) is 18.6 Å². The fourth-order valence-electron chi connectivity index (χ4n) is 2.15. The van der Waals surface area contributed by atoms with Gasteiger partial charge in [0.05, 0.1) is 32.7 Å².